The van der Waals surface area contributed by atoms with Gasteiger partial charge < -0.3 is 9.88 Å². The molecule has 0 aliphatic heterocycles. The van der Waals surface area contributed by atoms with Gasteiger partial charge in [0, 0.05) is 45.8 Å². The molecule has 0 saturated carbocycles. The van der Waals surface area contributed by atoms with E-state index in [1.165, 1.54) is 10.9 Å². The number of para-hydroxylation sites is 1. The Kier molecular flexibility index (Phi) is 6.12. The van der Waals surface area contributed by atoms with E-state index in [4.69, 9.17) is 23.2 Å². The van der Waals surface area contributed by atoms with Gasteiger partial charge in [-0.1, -0.05) is 59.6 Å². The van der Waals surface area contributed by atoms with Crippen LogP contribution in [0.25, 0.3) is 10.9 Å². The molecular weight excluding hydrogens is 415 g/mol. The first-order valence-corrected chi connectivity index (χ1v) is 10.6. The molecule has 0 saturated heterocycles. The molecule has 0 bridgehead atoms. The summed E-state index contributed by atoms with van der Waals surface area (Å²) in [5, 5.41) is 5.54. The van der Waals surface area contributed by atoms with E-state index >= 15 is 0 Å². The Morgan fingerprint density at radius 1 is 0.967 bits per heavy atom. The monoisotopic (exact) mass is 436 g/mol. The van der Waals surface area contributed by atoms with Crippen LogP contribution in [0.5, 0.6) is 0 Å². The molecule has 0 fully saturated rings. The van der Waals surface area contributed by atoms with Crippen molar-refractivity contribution in [3.05, 3.63) is 99.7 Å². The lowest BCUT2D eigenvalue weighted by Gasteiger charge is -2.09. The van der Waals surface area contributed by atoms with Crippen molar-refractivity contribution in [3.8, 4) is 0 Å². The SMILES string of the molecule is Cc1c(Cl)cccc1NC(=O)CCc1cn(Cc2ccc(Cl)cc2)c2ccccc12. The summed E-state index contributed by atoms with van der Waals surface area (Å²) in [6, 6.07) is 21.7. The van der Waals surface area contributed by atoms with Gasteiger partial charge in [0.1, 0.15) is 0 Å². The number of hydrogen-bond donors (Lipinski definition) is 1. The highest BCUT2D eigenvalue weighted by molar-refractivity contribution is 6.31. The molecular formula is C25H22Cl2N2O. The lowest BCUT2D eigenvalue weighted by atomic mass is 10.1. The first-order chi connectivity index (χ1) is 14.5. The molecule has 4 rings (SSSR count). The molecule has 0 atom stereocenters. The summed E-state index contributed by atoms with van der Waals surface area (Å²) in [7, 11) is 0. The maximum atomic E-state index is 12.5. The third kappa shape index (κ3) is 4.53. The predicted octanol–water partition coefficient (Wildman–Crippen LogP) is 6.88. The molecule has 0 aliphatic carbocycles. The average Bonchev–Trinajstić information content (AvgIpc) is 3.09. The number of anilines is 1. The highest BCUT2D eigenvalue weighted by Crippen LogP contribution is 2.25. The van der Waals surface area contributed by atoms with Gasteiger partial charge in [0.05, 0.1) is 0 Å². The Morgan fingerprint density at radius 3 is 2.53 bits per heavy atom. The summed E-state index contributed by atoms with van der Waals surface area (Å²) in [6.45, 7) is 2.66. The largest absolute Gasteiger partial charge is 0.343 e. The third-order valence-electron chi connectivity index (χ3n) is 5.30. The molecule has 0 aliphatic rings. The van der Waals surface area contributed by atoms with Crippen LogP contribution in [-0.2, 0) is 17.8 Å². The van der Waals surface area contributed by atoms with Crippen LogP contribution in [0.3, 0.4) is 0 Å². The highest BCUT2D eigenvalue weighted by atomic mass is 35.5. The van der Waals surface area contributed by atoms with Gasteiger partial charge in [-0.3, -0.25) is 4.79 Å². The minimum atomic E-state index is -0.0186. The number of amides is 1. The summed E-state index contributed by atoms with van der Waals surface area (Å²) in [5.41, 5.74) is 5.15. The van der Waals surface area contributed by atoms with Gasteiger partial charge in [-0.05, 0) is 60.4 Å². The van der Waals surface area contributed by atoms with Crippen LogP contribution in [0.2, 0.25) is 10.0 Å². The van der Waals surface area contributed by atoms with E-state index in [-0.39, 0.29) is 5.91 Å². The number of aromatic nitrogens is 1. The zero-order valence-electron chi connectivity index (χ0n) is 16.7. The fourth-order valence-electron chi connectivity index (χ4n) is 3.64. The normalized spacial score (nSPS) is 11.0. The zero-order chi connectivity index (χ0) is 21.1. The van der Waals surface area contributed by atoms with E-state index in [0.717, 1.165) is 33.9 Å². The number of hydrogen-bond acceptors (Lipinski definition) is 1. The van der Waals surface area contributed by atoms with Crippen molar-refractivity contribution >= 4 is 45.7 Å². The number of nitrogens with one attached hydrogen (secondary N) is 1. The fourth-order valence-corrected chi connectivity index (χ4v) is 3.94. The van der Waals surface area contributed by atoms with Crippen molar-refractivity contribution in [2.75, 3.05) is 5.32 Å². The predicted molar refractivity (Wildman–Crippen MR) is 126 cm³/mol. The van der Waals surface area contributed by atoms with Crippen LogP contribution in [0.4, 0.5) is 5.69 Å². The standard InChI is InChI=1S/C25H22Cl2N2O/c1-17-22(27)6-4-7-23(17)28-25(30)14-11-19-16-29(24-8-3-2-5-21(19)24)15-18-9-12-20(26)13-10-18/h2-10,12-13,16H,11,14-15H2,1H3,(H,28,30). The van der Waals surface area contributed by atoms with E-state index in [1.54, 1.807) is 0 Å². The number of carbonyl (C=O) groups is 1. The molecule has 0 spiro atoms. The van der Waals surface area contributed by atoms with Crippen molar-refractivity contribution in [1.82, 2.24) is 4.57 Å². The van der Waals surface area contributed by atoms with E-state index in [2.05, 4.69) is 28.2 Å². The van der Waals surface area contributed by atoms with E-state index < -0.39 is 0 Å². The molecule has 1 heterocycles. The van der Waals surface area contributed by atoms with Crippen LogP contribution >= 0.6 is 23.2 Å². The second-order valence-electron chi connectivity index (χ2n) is 7.39. The molecule has 30 heavy (non-hydrogen) atoms. The molecule has 0 radical (unpaired) electrons. The van der Waals surface area contributed by atoms with Gasteiger partial charge in [0.2, 0.25) is 5.91 Å². The van der Waals surface area contributed by atoms with E-state index in [9.17, 15) is 4.79 Å². The highest BCUT2D eigenvalue weighted by Gasteiger charge is 2.12. The fraction of sp³-hybridized carbons (Fsp3) is 0.160. The second kappa shape index (κ2) is 8.95. The molecule has 1 amide bonds. The maximum absolute atomic E-state index is 12.5. The summed E-state index contributed by atoms with van der Waals surface area (Å²) >= 11 is 12.2. The quantitative estimate of drug-likeness (QED) is 0.351. The maximum Gasteiger partial charge on any atom is 0.224 e. The van der Waals surface area contributed by atoms with Crippen molar-refractivity contribution in [1.29, 1.82) is 0 Å². The molecule has 3 nitrogen and oxygen atoms in total. The van der Waals surface area contributed by atoms with Gasteiger partial charge in [-0.2, -0.15) is 0 Å². The number of benzene rings is 3. The van der Waals surface area contributed by atoms with E-state index in [1.807, 2.05) is 61.5 Å². The van der Waals surface area contributed by atoms with Crippen molar-refractivity contribution in [2.45, 2.75) is 26.3 Å². The first-order valence-electron chi connectivity index (χ1n) is 9.87. The third-order valence-corrected chi connectivity index (χ3v) is 5.96. The lowest BCUT2D eigenvalue weighted by molar-refractivity contribution is -0.116. The topological polar surface area (TPSA) is 34.0 Å². The molecule has 152 valence electrons. The second-order valence-corrected chi connectivity index (χ2v) is 8.23. The minimum absolute atomic E-state index is 0.0186. The van der Waals surface area contributed by atoms with Crippen LogP contribution < -0.4 is 5.32 Å². The Hall–Kier alpha value is -2.75. The van der Waals surface area contributed by atoms with Gasteiger partial charge in [0.25, 0.3) is 0 Å². The Bertz CT molecular complexity index is 1200. The number of carbonyl (C=O) groups excluding carboxylic acids is 1. The van der Waals surface area contributed by atoms with Crippen molar-refractivity contribution in [3.63, 3.8) is 0 Å². The van der Waals surface area contributed by atoms with Crippen LogP contribution in [0.15, 0.2) is 72.9 Å². The molecule has 3 aromatic carbocycles. The number of nitrogens with zero attached hydrogens (tertiary/aromatic N) is 1. The van der Waals surface area contributed by atoms with Crippen molar-refractivity contribution < 1.29 is 4.79 Å². The molecule has 5 heteroatoms. The smallest absolute Gasteiger partial charge is 0.224 e. The number of halogens is 2. The van der Waals surface area contributed by atoms with Crippen LogP contribution in [0.1, 0.15) is 23.1 Å². The summed E-state index contributed by atoms with van der Waals surface area (Å²) in [4.78, 5) is 12.5. The Morgan fingerprint density at radius 2 is 1.73 bits per heavy atom. The molecule has 1 N–H and O–H groups in total. The average molecular weight is 437 g/mol. The summed E-state index contributed by atoms with van der Waals surface area (Å²) < 4.78 is 2.23. The van der Waals surface area contributed by atoms with Gasteiger partial charge in [0.15, 0.2) is 0 Å². The molecule has 1 aromatic heterocycles. The number of aryl methyl sites for hydroxylation is 1. The molecule has 0 unspecified atom stereocenters. The molecule has 4 aromatic rings. The number of fused-ring (bicyclic) bond motifs is 1. The zero-order valence-corrected chi connectivity index (χ0v) is 18.2. The first kappa shape index (κ1) is 20.5. The Labute approximate surface area is 186 Å². The number of rotatable bonds is 6. The van der Waals surface area contributed by atoms with Gasteiger partial charge >= 0.3 is 0 Å². The minimum Gasteiger partial charge on any atom is -0.343 e. The van der Waals surface area contributed by atoms with Crippen LogP contribution in [-0.4, -0.2) is 10.5 Å². The van der Waals surface area contributed by atoms with Gasteiger partial charge in [-0.15, -0.1) is 0 Å². The van der Waals surface area contributed by atoms with Crippen molar-refractivity contribution in [2.24, 2.45) is 0 Å². The van der Waals surface area contributed by atoms with E-state index in [0.29, 0.717) is 17.9 Å². The summed E-state index contributed by atoms with van der Waals surface area (Å²) in [5.74, 6) is -0.0186. The van der Waals surface area contributed by atoms with Gasteiger partial charge in [-0.25, -0.2) is 0 Å². The summed E-state index contributed by atoms with van der Waals surface area (Å²) in [6.07, 6.45) is 3.22. The lowest BCUT2D eigenvalue weighted by Crippen LogP contribution is -2.13. The Balaban J connectivity index is 1.51. The van der Waals surface area contributed by atoms with Crippen LogP contribution in [0, 0.1) is 6.92 Å².